The zero-order valence-electron chi connectivity index (χ0n) is 31.8. The van der Waals surface area contributed by atoms with Crippen molar-refractivity contribution in [3.63, 3.8) is 0 Å². The third-order valence-corrected chi connectivity index (χ3v) is 11.4. The Morgan fingerprint density at radius 3 is 2.52 bits per heavy atom. The summed E-state index contributed by atoms with van der Waals surface area (Å²) in [6.07, 6.45) is 3.97. The third-order valence-electron chi connectivity index (χ3n) is 11.4. The summed E-state index contributed by atoms with van der Waals surface area (Å²) < 4.78 is 85.7. The van der Waals surface area contributed by atoms with E-state index < -0.39 is 40.9 Å². The van der Waals surface area contributed by atoms with Crippen LogP contribution in [0.5, 0.6) is 11.8 Å². The summed E-state index contributed by atoms with van der Waals surface area (Å²) in [6, 6.07) is 6.25. The van der Waals surface area contributed by atoms with Crippen LogP contribution >= 0.6 is 0 Å². The molecule has 4 saturated heterocycles. The lowest BCUT2D eigenvalue weighted by atomic mass is 9.91. The van der Waals surface area contributed by atoms with E-state index in [0.717, 1.165) is 44.6 Å². The van der Waals surface area contributed by atoms with Gasteiger partial charge in [-0.1, -0.05) is 6.07 Å². The molecule has 1 amide bonds. The van der Waals surface area contributed by atoms with Gasteiger partial charge in [-0.2, -0.15) is 9.97 Å². The molecule has 1 aromatic heterocycles. The highest BCUT2D eigenvalue weighted by Crippen LogP contribution is 2.45. The smallest absolute Gasteiger partial charge is 0.410 e. The molecule has 4 aliphatic rings. The summed E-state index contributed by atoms with van der Waals surface area (Å²) in [7, 11) is 1.43. The number of hydrogen-bond donors (Lipinski definition) is 1. The largest absolute Gasteiger partial charge is 0.516 e. The Balaban J connectivity index is 1.29. The van der Waals surface area contributed by atoms with E-state index in [1.165, 1.54) is 31.4 Å². The molecule has 0 saturated carbocycles. The van der Waals surface area contributed by atoms with E-state index in [1.54, 1.807) is 11.0 Å². The number of piperazine rings is 1. The Morgan fingerprint density at radius 2 is 1.80 bits per heavy atom. The molecule has 0 aliphatic carbocycles. The molecule has 4 aliphatic heterocycles. The Bertz CT molecular complexity index is 2200. The maximum absolute atomic E-state index is 17.6. The molecule has 1 N–H and O–H groups in total. The van der Waals surface area contributed by atoms with Crippen molar-refractivity contribution in [2.45, 2.75) is 82.3 Å². The van der Waals surface area contributed by atoms with Crippen LogP contribution in [0.15, 0.2) is 36.6 Å². The van der Waals surface area contributed by atoms with Crippen LogP contribution in [0.4, 0.5) is 28.2 Å². The number of nitrogens with zero attached hydrogens (tertiary/aromatic N) is 5. The number of fused-ring (bicyclic) bond motifs is 5. The molecule has 15 heteroatoms. The highest BCUT2D eigenvalue weighted by molar-refractivity contribution is 6.04. The molecule has 5 heterocycles. The maximum atomic E-state index is 17.6. The number of alkyl halides is 1. The number of amides is 1. The van der Waals surface area contributed by atoms with Crippen molar-refractivity contribution in [1.29, 1.82) is 0 Å². The molecule has 4 aromatic rings. The van der Waals surface area contributed by atoms with Crippen LogP contribution in [-0.4, -0.2) is 107 Å². The van der Waals surface area contributed by atoms with Crippen LogP contribution in [0.3, 0.4) is 0 Å². The first kappa shape index (κ1) is 38.0. The number of benzene rings is 3. The number of aliphatic hydroxyl groups is 1. The van der Waals surface area contributed by atoms with Gasteiger partial charge in [0, 0.05) is 49.5 Å². The zero-order valence-corrected chi connectivity index (χ0v) is 31.8. The van der Waals surface area contributed by atoms with Gasteiger partial charge in [-0.25, -0.2) is 22.4 Å². The van der Waals surface area contributed by atoms with Crippen molar-refractivity contribution in [1.82, 2.24) is 19.8 Å². The van der Waals surface area contributed by atoms with E-state index in [1.807, 2.05) is 25.7 Å². The molecule has 4 fully saturated rings. The predicted octanol–water partition coefficient (Wildman–Crippen LogP) is 7.92. The number of anilines is 1. The van der Waals surface area contributed by atoms with Crippen molar-refractivity contribution in [2.24, 2.45) is 0 Å². The van der Waals surface area contributed by atoms with Crippen LogP contribution in [0, 0.1) is 17.5 Å². The molecule has 3 aromatic carbocycles. The summed E-state index contributed by atoms with van der Waals surface area (Å²) in [5.41, 5.74) is -1.49. The monoisotopic (exact) mass is 779 g/mol. The van der Waals surface area contributed by atoms with Gasteiger partial charge < -0.3 is 29.0 Å². The number of aromatic nitrogens is 2. The first-order valence-corrected chi connectivity index (χ1v) is 19.0. The van der Waals surface area contributed by atoms with E-state index in [0.29, 0.717) is 31.9 Å². The van der Waals surface area contributed by atoms with Gasteiger partial charge in [-0.05, 0) is 99.9 Å². The summed E-state index contributed by atoms with van der Waals surface area (Å²) >= 11 is 0. The molecular formula is C41H45F4N5O6. The second-order valence-electron chi connectivity index (χ2n) is 16.2. The Hall–Kier alpha value is -4.89. The number of rotatable bonds is 9. The van der Waals surface area contributed by atoms with E-state index in [4.69, 9.17) is 23.9 Å². The fourth-order valence-corrected chi connectivity index (χ4v) is 9.11. The van der Waals surface area contributed by atoms with Crippen LogP contribution in [-0.2, 0) is 9.47 Å². The second kappa shape index (κ2) is 14.6. The Kier molecular flexibility index (Phi) is 9.88. The molecule has 2 bridgehead atoms. The van der Waals surface area contributed by atoms with Crippen LogP contribution in [0.1, 0.15) is 58.4 Å². The molecule has 0 radical (unpaired) electrons. The molecule has 298 valence electrons. The summed E-state index contributed by atoms with van der Waals surface area (Å²) in [4.78, 5) is 28.6. The fourth-order valence-electron chi connectivity index (χ4n) is 9.11. The number of halogens is 4. The number of ether oxygens (including phenoxy) is 4. The number of carbonyl (C=O) groups is 1. The molecule has 56 heavy (non-hydrogen) atoms. The van der Waals surface area contributed by atoms with Crippen molar-refractivity contribution >= 4 is 39.7 Å². The number of methoxy groups -OCH3 is 1. The van der Waals surface area contributed by atoms with E-state index in [-0.39, 0.29) is 75.6 Å². The molecule has 4 atom stereocenters. The lowest BCUT2D eigenvalue weighted by Gasteiger charge is -2.42. The average molecular weight is 780 g/mol. The lowest BCUT2D eigenvalue weighted by Crippen LogP contribution is -2.57. The van der Waals surface area contributed by atoms with Crippen molar-refractivity contribution in [2.75, 3.05) is 51.6 Å². The van der Waals surface area contributed by atoms with Crippen LogP contribution in [0.2, 0.25) is 0 Å². The maximum Gasteiger partial charge on any atom is 0.410 e. The Morgan fingerprint density at radius 1 is 1.04 bits per heavy atom. The second-order valence-corrected chi connectivity index (χ2v) is 16.2. The third kappa shape index (κ3) is 6.82. The minimum Gasteiger partial charge on any atom is -0.516 e. The van der Waals surface area contributed by atoms with Crippen LogP contribution in [0.25, 0.3) is 38.9 Å². The number of aliphatic hydroxyl groups excluding tert-OH is 1. The lowest BCUT2D eigenvalue weighted by molar-refractivity contribution is 0.0122. The highest BCUT2D eigenvalue weighted by atomic mass is 19.2. The van der Waals surface area contributed by atoms with Gasteiger partial charge in [0.25, 0.3) is 0 Å². The van der Waals surface area contributed by atoms with E-state index in [2.05, 4.69) is 9.88 Å². The van der Waals surface area contributed by atoms with Crippen molar-refractivity contribution in [3.05, 3.63) is 59.6 Å². The van der Waals surface area contributed by atoms with Crippen molar-refractivity contribution in [3.8, 4) is 22.9 Å². The normalized spacial score (nSPS) is 23.8. The van der Waals surface area contributed by atoms with Gasteiger partial charge in [0.1, 0.15) is 35.5 Å². The predicted molar refractivity (Wildman–Crippen MR) is 202 cm³/mol. The van der Waals surface area contributed by atoms with Gasteiger partial charge >= 0.3 is 12.1 Å². The van der Waals surface area contributed by atoms with E-state index >= 15 is 8.78 Å². The van der Waals surface area contributed by atoms with Gasteiger partial charge in [-0.3, -0.25) is 9.80 Å². The molecule has 0 spiro atoms. The average Bonchev–Trinajstić information content (AvgIpc) is 3.77. The van der Waals surface area contributed by atoms with Gasteiger partial charge in [0.05, 0.1) is 23.9 Å². The number of hydrogen-bond acceptors (Lipinski definition) is 10. The quantitative estimate of drug-likeness (QED) is 0.102. The zero-order chi connectivity index (χ0) is 39.5. The molecular weight excluding hydrogens is 734 g/mol. The first-order chi connectivity index (χ1) is 26.8. The minimum absolute atomic E-state index is 0.0508. The topological polar surface area (TPSA) is 110 Å². The summed E-state index contributed by atoms with van der Waals surface area (Å²) in [5.74, 6) is -2.69. The van der Waals surface area contributed by atoms with Crippen molar-refractivity contribution < 1.29 is 46.4 Å². The first-order valence-electron chi connectivity index (χ1n) is 19.0. The molecule has 11 nitrogen and oxygen atoms in total. The number of carbonyl (C=O) groups excluding carboxylic acids is 1. The molecule has 8 rings (SSSR count). The minimum atomic E-state index is -1.19. The molecule has 3 unspecified atom stereocenters. The summed E-state index contributed by atoms with van der Waals surface area (Å²) in [6.45, 7) is 7.14. The highest BCUT2D eigenvalue weighted by Gasteiger charge is 2.50. The fraction of sp³-hybridized carbons (Fsp3) is 0.488. The van der Waals surface area contributed by atoms with E-state index in [9.17, 15) is 18.7 Å². The van der Waals surface area contributed by atoms with Crippen LogP contribution < -0.4 is 14.4 Å². The van der Waals surface area contributed by atoms with Gasteiger partial charge in [-0.15, -0.1) is 0 Å². The van der Waals surface area contributed by atoms with Gasteiger partial charge in [0.15, 0.2) is 24.2 Å². The Labute approximate surface area is 321 Å². The SMILES string of the molecule is COCOc1cc(-c2c(/C=C/O)cc3c(N4CC5CCC(C4)N5C(=O)OC(C)(C)C)nc(OCC45CCCN4C[C@H](F)C5)nc3c2F)c2c(F)c(F)ccc2c1. The standard InChI is InChI=1S/C41H45F4N5O6/c1-40(2,3)56-39(52)50-26-7-8-27(50)20-48(19-26)37-30-15-24(10-13-51)33(29-16-28(55-22-53-4)14-23-6-9-31(43)34(44)32(23)29)35(45)36(30)46-38(47-37)54-21-41-11-5-12-49(41)18-25(42)17-41/h6,9-10,13-16,25-27,51H,5,7-8,11-12,17-22H2,1-4H3/b13-10+/t25-,26?,27?,41?/m1/s1. The summed E-state index contributed by atoms with van der Waals surface area (Å²) in [5, 5.41) is 10.4. The van der Waals surface area contributed by atoms with Gasteiger partial charge in [0.2, 0.25) is 0 Å².